The van der Waals surface area contributed by atoms with Gasteiger partial charge < -0.3 is 9.47 Å². The number of ether oxygens (including phenoxy) is 2. The van der Waals surface area contributed by atoms with Gasteiger partial charge in [0.1, 0.15) is 11.5 Å². The smallest absolute Gasteiger partial charge is 0.311 e. The molecule has 2 aromatic carbocycles. The van der Waals surface area contributed by atoms with E-state index in [1.165, 1.54) is 152 Å². The Labute approximate surface area is 346 Å². The van der Waals surface area contributed by atoms with E-state index in [1.54, 1.807) is 0 Å². The van der Waals surface area contributed by atoms with Crippen molar-refractivity contribution in [2.24, 2.45) is 0 Å². The first-order valence-corrected chi connectivity index (χ1v) is 24.0. The van der Waals surface area contributed by atoms with Crippen LogP contribution in [0.15, 0.2) is 36.4 Å². The van der Waals surface area contributed by atoms with E-state index in [0.29, 0.717) is 36.2 Å². The van der Waals surface area contributed by atoms with E-state index in [4.69, 9.17) is 9.47 Å². The molecule has 0 aliphatic carbocycles. The van der Waals surface area contributed by atoms with Gasteiger partial charge in [-0.05, 0) is 85.8 Å². The number of hydrogen-bond acceptors (Lipinski definition) is 4. The molecule has 0 aliphatic heterocycles. The Morgan fingerprint density at radius 2 is 0.679 bits per heavy atom. The van der Waals surface area contributed by atoms with E-state index in [2.05, 4.69) is 65.8 Å². The molecule has 56 heavy (non-hydrogen) atoms. The average molecular weight is 775 g/mol. The van der Waals surface area contributed by atoms with E-state index >= 15 is 0 Å². The monoisotopic (exact) mass is 775 g/mol. The van der Waals surface area contributed by atoms with Crippen molar-refractivity contribution in [3.63, 3.8) is 0 Å². The summed E-state index contributed by atoms with van der Waals surface area (Å²) in [5.41, 5.74) is 4.58. The van der Waals surface area contributed by atoms with Crippen LogP contribution in [0.1, 0.15) is 254 Å². The molecule has 4 nitrogen and oxygen atoms in total. The highest BCUT2D eigenvalue weighted by Gasteiger charge is 2.24. The Bertz CT molecular complexity index is 1200. The molecule has 0 bridgehead atoms. The van der Waals surface area contributed by atoms with Crippen molar-refractivity contribution in [3.05, 3.63) is 58.7 Å². The Morgan fingerprint density at radius 1 is 0.411 bits per heavy atom. The summed E-state index contributed by atoms with van der Waals surface area (Å²) in [6, 6.07) is 12.7. The summed E-state index contributed by atoms with van der Waals surface area (Å²) in [5.74, 6) is 1.77. The summed E-state index contributed by atoms with van der Waals surface area (Å²) >= 11 is 0. The Kier molecular flexibility index (Phi) is 28.6. The first kappa shape index (κ1) is 49.5. The van der Waals surface area contributed by atoms with Crippen LogP contribution in [0.2, 0.25) is 0 Å². The first-order valence-electron chi connectivity index (χ1n) is 24.0. The third kappa shape index (κ3) is 21.8. The molecule has 2 unspecified atom stereocenters. The van der Waals surface area contributed by atoms with Gasteiger partial charge >= 0.3 is 11.9 Å². The minimum absolute atomic E-state index is 0.122. The minimum atomic E-state index is -0.122. The Balaban J connectivity index is 1.72. The van der Waals surface area contributed by atoms with Gasteiger partial charge in [0.15, 0.2) is 0 Å². The van der Waals surface area contributed by atoms with Gasteiger partial charge in [0.05, 0.1) is 0 Å². The summed E-state index contributed by atoms with van der Waals surface area (Å²) in [4.78, 5) is 25.4. The van der Waals surface area contributed by atoms with Crippen molar-refractivity contribution in [2.75, 3.05) is 0 Å². The van der Waals surface area contributed by atoms with Gasteiger partial charge in [-0.3, -0.25) is 9.59 Å². The van der Waals surface area contributed by atoms with Crippen molar-refractivity contribution < 1.29 is 19.1 Å². The van der Waals surface area contributed by atoms with E-state index in [0.717, 1.165) is 49.7 Å². The van der Waals surface area contributed by atoms with Crippen LogP contribution >= 0.6 is 0 Å². The molecule has 0 aliphatic rings. The molecule has 318 valence electrons. The predicted molar refractivity (Wildman–Crippen MR) is 240 cm³/mol. The van der Waals surface area contributed by atoms with Crippen molar-refractivity contribution in [2.45, 2.75) is 246 Å². The van der Waals surface area contributed by atoms with E-state index < -0.39 is 0 Å². The fourth-order valence-electron chi connectivity index (χ4n) is 8.46. The molecule has 0 heterocycles. The van der Waals surface area contributed by atoms with Crippen LogP contribution in [0.3, 0.4) is 0 Å². The molecule has 0 fully saturated rings. The Hall–Kier alpha value is -2.62. The fourth-order valence-corrected chi connectivity index (χ4v) is 8.46. The van der Waals surface area contributed by atoms with E-state index in [9.17, 15) is 9.59 Å². The average Bonchev–Trinajstić information content (AvgIpc) is 3.19. The molecule has 4 heteroatoms. The van der Waals surface area contributed by atoms with Gasteiger partial charge in [0, 0.05) is 12.8 Å². The van der Waals surface area contributed by atoms with Crippen molar-refractivity contribution in [1.82, 2.24) is 0 Å². The summed E-state index contributed by atoms with van der Waals surface area (Å²) in [7, 11) is 0. The van der Waals surface area contributed by atoms with Crippen molar-refractivity contribution in [3.8, 4) is 11.5 Å². The molecule has 0 saturated heterocycles. The highest BCUT2D eigenvalue weighted by Crippen LogP contribution is 2.40. The standard InChI is InChI=1S/C52H86O4/c1-7-11-13-15-17-19-21-23-25-27-29-31-33-35-51(53)55-49-39-37-45(41-43(49)5)47(9-3)48(10-4)46-38-40-50(44(6)42-46)56-52(54)36-34-32-30-28-26-24-22-20-18-16-14-12-8-2/h37-42,47-48H,7-36H2,1-6H3. The zero-order valence-corrected chi connectivity index (χ0v) is 37.5. The van der Waals surface area contributed by atoms with Crippen LogP contribution in [0.25, 0.3) is 0 Å². The van der Waals surface area contributed by atoms with Crippen molar-refractivity contribution >= 4 is 11.9 Å². The van der Waals surface area contributed by atoms with Crippen LogP contribution in [-0.4, -0.2) is 11.9 Å². The van der Waals surface area contributed by atoms with Gasteiger partial charge in [-0.2, -0.15) is 0 Å². The molecule has 2 rings (SSSR count). The molecule has 0 amide bonds. The Morgan fingerprint density at radius 3 is 0.929 bits per heavy atom. The largest absolute Gasteiger partial charge is 0.426 e. The number of carbonyl (C=O) groups is 2. The quantitative estimate of drug-likeness (QED) is 0.0398. The van der Waals surface area contributed by atoms with Crippen LogP contribution in [0.5, 0.6) is 11.5 Å². The lowest BCUT2D eigenvalue weighted by Gasteiger charge is -2.27. The number of benzene rings is 2. The summed E-state index contributed by atoms with van der Waals surface area (Å²) < 4.78 is 11.7. The zero-order valence-electron chi connectivity index (χ0n) is 37.5. The molecule has 0 radical (unpaired) electrons. The molecule has 0 aromatic heterocycles. The number of aryl methyl sites for hydroxylation is 2. The number of rotatable bonds is 35. The second-order valence-corrected chi connectivity index (χ2v) is 17.0. The lowest BCUT2D eigenvalue weighted by atomic mass is 9.77. The van der Waals surface area contributed by atoms with E-state index in [1.807, 2.05) is 12.1 Å². The predicted octanol–water partition coefficient (Wildman–Crippen LogP) is 16.8. The molecule has 2 atom stereocenters. The number of carbonyl (C=O) groups excluding carboxylic acids is 2. The normalized spacial score (nSPS) is 12.5. The molecular formula is C52H86O4. The minimum Gasteiger partial charge on any atom is -0.426 e. The third-order valence-corrected chi connectivity index (χ3v) is 12.0. The third-order valence-electron chi connectivity index (χ3n) is 12.0. The highest BCUT2D eigenvalue weighted by atomic mass is 16.5. The molecule has 0 N–H and O–H groups in total. The van der Waals surface area contributed by atoms with E-state index in [-0.39, 0.29) is 11.9 Å². The lowest BCUT2D eigenvalue weighted by Crippen LogP contribution is -2.13. The fraction of sp³-hybridized carbons (Fsp3) is 0.731. The number of hydrogen-bond donors (Lipinski definition) is 0. The maximum absolute atomic E-state index is 12.7. The second kappa shape index (κ2) is 32.3. The van der Waals surface area contributed by atoms with Crippen LogP contribution < -0.4 is 9.47 Å². The topological polar surface area (TPSA) is 52.6 Å². The van der Waals surface area contributed by atoms with Gasteiger partial charge in [0.2, 0.25) is 0 Å². The maximum atomic E-state index is 12.7. The molecular weight excluding hydrogens is 689 g/mol. The highest BCUT2D eigenvalue weighted by molar-refractivity contribution is 5.73. The van der Waals surface area contributed by atoms with Crippen molar-refractivity contribution in [1.29, 1.82) is 0 Å². The maximum Gasteiger partial charge on any atom is 0.311 e. The van der Waals surface area contributed by atoms with Gasteiger partial charge in [-0.25, -0.2) is 0 Å². The molecule has 0 saturated carbocycles. The van der Waals surface area contributed by atoms with Gasteiger partial charge in [-0.1, -0.05) is 206 Å². The molecule has 2 aromatic rings. The summed E-state index contributed by atoms with van der Waals surface area (Å²) in [5, 5.41) is 0. The van der Waals surface area contributed by atoms with Crippen LogP contribution in [0.4, 0.5) is 0 Å². The summed E-state index contributed by atoms with van der Waals surface area (Å²) in [6.07, 6.45) is 36.7. The SMILES string of the molecule is CCCCCCCCCCCCCCCC(=O)Oc1ccc(C(CC)C(CC)c2ccc(OC(=O)CCCCCCCCCCCCCCC)c(C)c2)cc1C. The van der Waals surface area contributed by atoms with Crippen LogP contribution in [0, 0.1) is 13.8 Å². The number of unbranched alkanes of at least 4 members (excludes halogenated alkanes) is 24. The van der Waals surface area contributed by atoms with Crippen LogP contribution in [-0.2, 0) is 9.59 Å². The first-order chi connectivity index (χ1) is 27.3. The zero-order chi connectivity index (χ0) is 40.6. The lowest BCUT2D eigenvalue weighted by molar-refractivity contribution is -0.135. The van der Waals surface area contributed by atoms with Gasteiger partial charge in [0.25, 0.3) is 0 Å². The summed E-state index contributed by atoms with van der Waals surface area (Å²) in [6.45, 7) is 13.2. The second-order valence-electron chi connectivity index (χ2n) is 17.0. The molecule has 0 spiro atoms. The number of esters is 2. The van der Waals surface area contributed by atoms with Gasteiger partial charge in [-0.15, -0.1) is 0 Å².